The van der Waals surface area contributed by atoms with Crippen LogP contribution in [-0.4, -0.2) is 16.7 Å². The highest BCUT2D eigenvalue weighted by Gasteiger charge is 2.36. The highest BCUT2D eigenvalue weighted by atomic mass is 16.5. The zero-order chi connectivity index (χ0) is 25.2. The third-order valence-corrected chi connectivity index (χ3v) is 5.90. The highest BCUT2D eigenvalue weighted by Crippen LogP contribution is 2.37. The molecule has 1 aromatic heterocycles. The number of nitriles is 2. The van der Waals surface area contributed by atoms with Crippen molar-refractivity contribution in [3.05, 3.63) is 124 Å². The fourth-order valence-corrected chi connectivity index (χ4v) is 4.16. The molecule has 3 aromatic carbocycles. The van der Waals surface area contributed by atoms with Crippen LogP contribution in [0.2, 0.25) is 0 Å². The maximum atomic E-state index is 13.2. The van der Waals surface area contributed by atoms with Gasteiger partial charge < -0.3 is 10.1 Å². The van der Waals surface area contributed by atoms with Crippen LogP contribution in [-0.2, 0) is 6.54 Å². The molecular formula is C28H17N5O3. The van der Waals surface area contributed by atoms with Crippen molar-refractivity contribution >= 4 is 28.9 Å². The number of fused-ring (bicyclic) bond motifs is 1. The van der Waals surface area contributed by atoms with Gasteiger partial charge in [0.25, 0.3) is 11.8 Å². The second kappa shape index (κ2) is 9.05. The van der Waals surface area contributed by atoms with Gasteiger partial charge in [-0.1, -0.05) is 0 Å². The van der Waals surface area contributed by atoms with Gasteiger partial charge in [0.1, 0.15) is 0 Å². The molecule has 0 bridgehead atoms. The van der Waals surface area contributed by atoms with Crippen molar-refractivity contribution in [3.63, 3.8) is 0 Å². The molecule has 36 heavy (non-hydrogen) atoms. The molecule has 5 rings (SSSR count). The Morgan fingerprint density at radius 2 is 1.33 bits per heavy atom. The lowest BCUT2D eigenvalue weighted by molar-refractivity contribution is -0.605. The minimum atomic E-state index is -0.447. The summed E-state index contributed by atoms with van der Waals surface area (Å²) in [6.45, 7) is -0.0142. The molecule has 0 radical (unpaired) electrons. The zero-order valence-electron chi connectivity index (χ0n) is 18.8. The molecule has 2 heterocycles. The molecule has 0 fully saturated rings. The fraction of sp³-hybridized carbons (Fsp3) is 0.0357. The maximum absolute atomic E-state index is 13.2. The van der Waals surface area contributed by atoms with E-state index in [9.17, 15) is 25.3 Å². The molecule has 0 spiro atoms. The maximum Gasteiger partial charge on any atom is 0.261 e. The molecule has 2 amide bonds. The molecule has 8 nitrogen and oxygen atoms in total. The molecule has 8 heteroatoms. The number of carbonyl (C=O) groups is 2. The Balaban J connectivity index is 1.55. The van der Waals surface area contributed by atoms with Crippen LogP contribution in [0.3, 0.4) is 0 Å². The summed E-state index contributed by atoms with van der Waals surface area (Å²) in [5, 5.41) is 30.0. The molecule has 1 aliphatic heterocycles. The molecule has 0 saturated heterocycles. The van der Waals surface area contributed by atoms with Gasteiger partial charge in [0.05, 0.1) is 40.9 Å². The summed E-state index contributed by atoms with van der Waals surface area (Å²) < 4.78 is 0.624. The van der Waals surface area contributed by atoms with Crippen LogP contribution >= 0.6 is 0 Å². The quantitative estimate of drug-likeness (QED) is 0.243. The number of benzene rings is 3. The number of rotatable bonds is 5. The first-order chi connectivity index (χ1) is 17.5. The van der Waals surface area contributed by atoms with Gasteiger partial charge in [-0.15, -0.1) is 0 Å². The van der Waals surface area contributed by atoms with E-state index in [0.717, 1.165) is 16.3 Å². The van der Waals surface area contributed by atoms with E-state index in [1.54, 1.807) is 78.9 Å². The summed E-state index contributed by atoms with van der Waals surface area (Å²) >= 11 is 0. The number of amides is 2. The Kier molecular flexibility index (Phi) is 5.61. The predicted octanol–water partition coefficient (Wildman–Crippen LogP) is 4.33. The van der Waals surface area contributed by atoms with Crippen LogP contribution in [0, 0.1) is 27.9 Å². The summed E-state index contributed by atoms with van der Waals surface area (Å²) in [5.41, 5.74) is 4.19. The number of carbonyl (C=O) groups excluding carboxylic acids is 2. The highest BCUT2D eigenvalue weighted by molar-refractivity contribution is 6.21. The van der Waals surface area contributed by atoms with E-state index >= 15 is 0 Å². The van der Waals surface area contributed by atoms with Crippen molar-refractivity contribution in [1.82, 2.24) is 4.90 Å². The van der Waals surface area contributed by atoms with Crippen LogP contribution < -0.4 is 9.63 Å². The Bertz CT molecular complexity index is 1520. The minimum absolute atomic E-state index is 0.0142. The number of hydrogen-bond donors (Lipinski definition) is 0. The molecule has 0 aliphatic carbocycles. The van der Waals surface area contributed by atoms with E-state index in [0.29, 0.717) is 27.1 Å². The molecule has 172 valence electrons. The van der Waals surface area contributed by atoms with Crippen LogP contribution in [0.5, 0.6) is 0 Å². The SMILES string of the molecule is N#Cc1ccc(N(c2ccc(C#N)cc2)c2ccc3c(c2)C(=O)N(Cc2ccc[n+]([O-])c2)C3=O)cc1. The van der Waals surface area contributed by atoms with E-state index in [1.807, 2.05) is 4.90 Å². The number of imide groups is 1. The second-order valence-electron chi connectivity index (χ2n) is 8.15. The smallest absolute Gasteiger partial charge is 0.261 e. The van der Waals surface area contributed by atoms with Gasteiger partial charge >= 0.3 is 0 Å². The average molecular weight is 471 g/mol. The Morgan fingerprint density at radius 3 is 1.89 bits per heavy atom. The minimum Gasteiger partial charge on any atom is -0.619 e. The Morgan fingerprint density at radius 1 is 0.778 bits per heavy atom. The van der Waals surface area contributed by atoms with Crippen LogP contribution in [0.25, 0.3) is 0 Å². The van der Waals surface area contributed by atoms with E-state index in [1.165, 1.54) is 12.4 Å². The van der Waals surface area contributed by atoms with Gasteiger partial charge in [-0.25, -0.2) is 0 Å². The van der Waals surface area contributed by atoms with Crippen molar-refractivity contribution in [3.8, 4) is 12.1 Å². The summed E-state index contributed by atoms with van der Waals surface area (Å²) in [6.07, 6.45) is 2.66. The number of aromatic nitrogens is 1. The molecule has 0 atom stereocenters. The molecule has 1 aliphatic rings. The third kappa shape index (κ3) is 4.00. The summed E-state index contributed by atoms with van der Waals surface area (Å²) in [7, 11) is 0. The van der Waals surface area contributed by atoms with Gasteiger partial charge in [-0.2, -0.15) is 15.3 Å². The van der Waals surface area contributed by atoms with Crippen molar-refractivity contribution in [1.29, 1.82) is 10.5 Å². The lowest BCUT2D eigenvalue weighted by Gasteiger charge is -2.25. The monoisotopic (exact) mass is 471 g/mol. The summed E-state index contributed by atoms with van der Waals surface area (Å²) in [5.74, 6) is -0.871. The van der Waals surface area contributed by atoms with E-state index in [4.69, 9.17) is 0 Å². The zero-order valence-corrected chi connectivity index (χ0v) is 18.8. The van der Waals surface area contributed by atoms with Crippen molar-refractivity contribution < 1.29 is 14.3 Å². The first-order valence-corrected chi connectivity index (χ1v) is 11.0. The fourth-order valence-electron chi connectivity index (χ4n) is 4.16. The number of anilines is 3. The number of nitrogens with zero attached hydrogens (tertiary/aromatic N) is 5. The van der Waals surface area contributed by atoms with E-state index in [-0.39, 0.29) is 17.7 Å². The first kappa shape index (κ1) is 22.3. The average Bonchev–Trinajstić information content (AvgIpc) is 3.14. The Hall–Kier alpha value is -5.47. The van der Waals surface area contributed by atoms with Crippen molar-refractivity contribution in [2.24, 2.45) is 0 Å². The van der Waals surface area contributed by atoms with Crippen molar-refractivity contribution in [2.45, 2.75) is 6.54 Å². The Labute approximate surface area is 206 Å². The van der Waals surface area contributed by atoms with Crippen LogP contribution in [0.1, 0.15) is 37.4 Å². The molecule has 0 N–H and O–H groups in total. The largest absolute Gasteiger partial charge is 0.619 e. The van der Waals surface area contributed by atoms with Gasteiger partial charge in [0, 0.05) is 28.7 Å². The topological polar surface area (TPSA) is 115 Å². The lowest BCUT2D eigenvalue weighted by atomic mass is 10.1. The van der Waals surface area contributed by atoms with Gasteiger partial charge in [0.2, 0.25) is 0 Å². The summed E-state index contributed by atoms with van der Waals surface area (Å²) in [6, 6.07) is 26.4. The number of hydrogen-bond acceptors (Lipinski definition) is 6. The number of pyridine rings is 1. The first-order valence-electron chi connectivity index (χ1n) is 11.0. The van der Waals surface area contributed by atoms with Crippen LogP contribution in [0.4, 0.5) is 17.1 Å². The van der Waals surface area contributed by atoms with Gasteiger partial charge in [-0.3, -0.25) is 14.5 Å². The lowest BCUT2D eigenvalue weighted by Crippen LogP contribution is -2.31. The van der Waals surface area contributed by atoms with E-state index in [2.05, 4.69) is 12.1 Å². The second-order valence-corrected chi connectivity index (χ2v) is 8.15. The van der Waals surface area contributed by atoms with Crippen molar-refractivity contribution in [2.75, 3.05) is 4.90 Å². The third-order valence-electron chi connectivity index (χ3n) is 5.90. The van der Waals surface area contributed by atoms with Gasteiger partial charge in [0.15, 0.2) is 12.4 Å². The molecule has 0 unspecified atom stereocenters. The summed E-state index contributed by atoms with van der Waals surface area (Å²) in [4.78, 5) is 29.2. The predicted molar refractivity (Wildman–Crippen MR) is 130 cm³/mol. The standard InChI is InChI=1S/C28H17N5O3/c29-15-19-3-7-22(8-4-19)33(23-9-5-20(16-30)6-10-23)24-11-12-25-26(14-24)28(35)32(27(25)34)18-21-2-1-13-31(36)17-21/h1-14,17H,18H2. The van der Waals surface area contributed by atoms with Crippen LogP contribution in [0.15, 0.2) is 91.3 Å². The molecular weight excluding hydrogens is 454 g/mol. The molecule has 4 aromatic rings. The molecule has 0 saturated carbocycles. The van der Waals surface area contributed by atoms with Gasteiger partial charge in [-0.05, 0) is 72.8 Å². The normalized spacial score (nSPS) is 12.1. The van der Waals surface area contributed by atoms with E-state index < -0.39 is 11.8 Å².